The van der Waals surface area contributed by atoms with Crippen LogP contribution in [0.3, 0.4) is 0 Å². The molecule has 0 spiro atoms. The van der Waals surface area contributed by atoms with E-state index in [9.17, 15) is 0 Å². The molecule has 0 aromatic carbocycles. The molecular weight excluding hydrogens is 116 g/mol. The highest BCUT2D eigenvalue weighted by Crippen LogP contribution is 1.97. The van der Waals surface area contributed by atoms with Crippen LogP contribution in [0.4, 0.5) is 0 Å². The largest absolute Gasteiger partial charge is 0.353 e. The molecule has 0 aromatic heterocycles. The molecule has 0 aliphatic carbocycles. The molecule has 1 radical (unpaired) electrons. The molecule has 0 heterocycles. The molecule has 2 heteroatoms. The van der Waals surface area contributed by atoms with Crippen LogP contribution in [-0.2, 0) is 9.47 Å². The Hall–Kier alpha value is -0.0800. The van der Waals surface area contributed by atoms with Gasteiger partial charge in [0.1, 0.15) is 0 Å². The molecule has 1 atom stereocenters. The Morgan fingerprint density at radius 2 is 1.89 bits per heavy atom. The summed E-state index contributed by atoms with van der Waals surface area (Å²) in [6, 6.07) is 0. The molecular formula is C7H15O2. The number of rotatable bonds is 4. The van der Waals surface area contributed by atoms with E-state index in [0.29, 0.717) is 6.61 Å². The van der Waals surface area contributed by atoms with E-state index in [-0.39, 0.29) is 12.4 Å². The zero-order chi connectivity index (χ0) is 7.28. The van der Waals surface area contributed by atoms with Crippen LogP contribution in [0.15, 0.2) is 0 Å². The van der Waals surface area contributed by atoms with E-state index in [1.54, 1.807) is 0 Å². The van der Waals surface area contributed by atoms with Gasteiger partial charge < -0.3 is 9.47 Å². The lowest BCUT2D eigenvalue weighted by Gasteiger charge is -2.14. The molecule has 0 aliphatic heterocycles. The van der Waals surface area contributed by atoms with Gasteiger partial charge in [-0.2, -0.15) is 0 Å². The van der Waals surface area contributed by atoms with Gasteiger partial charge in [-0.25, -0.2) is 0 Å². The minimum atomic E-state index is -0.123. The van der Waals surface area contributed by atoms with Gasteiger partial charge in [-0.3, -0.25) is 0 Å². The van der Waals surface area contributed by atoms with Gasteiger partial charge in [0.25, 0.3) is 0 Å². The van der Waals surface area contributed by atoms with Crippen LogP contribution in [0.5, 0.6) is 0 Å². The van der Waals surface area contributed by atoms with Gasteiger partial charge in [-0.1, -0.05) is 0 Å². The molecule has 1 unspecified atom stereocenters. The van der Waals surface area contributed by atoms with E-state index in [2.05, 4.69) is 6.92 Å². The highest BCUT2D eigenvalue weighted by Gasteiger charge is 2.01. The second-order valence-corrected chi connectivity index (χ2v) is 2.12. The average molecular weight is 131 g/mol. The van der Waals surface area contributed by atoms with Crippen molar-refractivity contribution in [2.24, 2.45) is 0 Å². The van der Waals surface area contributed by atoms with Gasteiger partial charge in [0.15, 0.2) is 6.29 Å². The highest BCUT2D eigenvalue weighted by atomic mass is 16.7. The first-order valence-electron chi connectivity index (χ1n) is 3.23. The van der Waals surface area contributed by atoms with Crippen molar-refractivity contribution in [2.45, 2.75) is 33.2 Å². The molecule has 0 aromatic rings. The summed E-state index contributed by atoms with van der Waals surface area (Å²) in [5, 5.41) is 0. The molecule has 0 rings (SSSR count). The zero-order valence-electron chi connectivity index (χ0n) is 6.39. The Bertz CT molecular complexity index is 61.9. The van der Waals surface area contributed by atoms with Gasteiger partial charge in [-0.05, 0) is 27.7 Å². The van der Waals surface area contributed by atoms with Crippen molar-refractivity contribution in [3.63, 3.8) is 0 Å². The molecule has 0 saturated carbocycles. The first kappa shape index (κ1) is 8.92. The summed E-state index contributed by atoms with van der Waals surface area (Å²) in [4.78, 5) is 0. The summed E-state index contributed by atoms with van der Waals surface area (Å²) in [7, 11) is 0. The summed E-state index contributed by atoms with van der Waals surface area (Å²) >= 11 is 0. The van der Waals surface area contributed by atoms with E-state index < -0.39 is 0 Å². The Labute approximate surface area is 57.2 Å². The van der Waals surface area contributed by atoms with Crippen LogP contribution in [0.1, 0.15) is 20.8 Å². The maximum atomic E-state index is 5.23. The van der Waals surface area contributed by atoms with E-state index in [4.69, 9.17) is 9.47 Å². The molecule has 0 aliphatic rings. The third-order valence-corrected chi connectivity index (χ3v) is 0.816. The predicted molar refractivity (Wildman–Crippen MR) is 37.0 cm³/mol. The van der Waals surface area contributed by atoms with Crippen LogP contribution < -0.4 is 0 Å². The van der Waals surface area contributed by atoms with E-state index in [1.807, 2.05) is 20.8 Å². The zero-order valence-corrected chi connectivity index (χ0v) is 6.39. The second kappa shape index (κ2) is 4.77. The maximum absolute atomic E-state index is 5.23. The Morgan fingerprint density at radius 1 is 1.33 bits per heavy atom. The summed E-state index contributed by atoms with van der Waals surface area (Å²) in [5.41, 5.74) is 0. The predicted octanol–water partition coefficient (Wildman–Crippen LogP) is 1.61. The minimum absolute atomic E-state index is 0.123. The summed E-state index contributed by atoms with van der Waals surface area (Å²) in [5.74, 6) is 0. The number of hydrogen-bond donors (Lipinski definition) is 0. The SMILES string of the molecule is [CH2]COC(C)OC(C)C. The fourth-order valence-electron chi connectivity index (χ4n) is 0.589. The van der Waals surface area contributed by atoms with Crippen LogP contribution in [-0.4, -0.2) is 19.0 Å². The fraction of sp³-hybridized carbons (Fsp3) is 0.857. The van der Waals surface area contributed by atoms with Crippen LogP contribution in [0, 0.1) is 6.92 Å². The van der Waals surface area contributed by atoms with E-state index in [0.717, 1.165) is 0 Å². The quantitative estimate of drug-likeness (QED) is 0.540. The molecule has 9 heavy (non-hydrogen) atoms. The summed E-state index contributed by atoms with van der Waals surface area (Å²) in [6.45, 7) is 9.81. The highest BCUT2D eigenvalue weighted by molar-refractivity contribution is 4.39. The second-order valence-electron chi connectivity index (χ2n) is 2.12. The van der Waals surface area contributed by atoms with Crippen molar-refractivity contribution >= 4 is 0 Å². The van der Waals surface area contributed by atoms with Crippen LogP contribution in [0.2, 0.25) is 0 Å². The fourth-order valence-corrected chi connectivity index (χ4v) is 0.589. The van der Waals surface area contributed by atoms with E-state index >= 15 is 0 Å². The van der Waals surface area contributed by atoms with Gasteiger partial charge in [0, 0.05) is 6.61 Å². The summed E-state index contributed by atoms with van der Waals surface area (Å²) in [6.07, 6.45) is 0.106. The van der Waals surface area contributed by atoms with Crippen molar-refractivity contribution in [1.82, 2.24) is 0 Å². The topological polar surface area (TPSA) is 18.5 Å². The lowest BCUT2D eigenvalue weighted by Crippen LogP contribution is -2.17. The molecule has 0 N–H and O–H groups in total. The smallest absolute Gasteiger partial charge is 0.155 e. The van der Waals surface area contributed by atoms with E-state index in [1.165, 1.54) is 0 Å². The molecule has 0 amide bonds. The Balaban J connectivity index is 3.15. The first-order valence-corrected chi connectivity index (χ1v) is 3.23. The first-order chi connectivity index (χ1) is 4.16. The van der Waals surface area contributed by atoms with Crippen molar-refractivity contribution < 1.29 is 9.47 Å². The molecule has 2 nitrogen and oxygen atoms in total. The molecule has 0 bridgehead atoms. The van der Waals surface area contributed by atoms with Crippen LogP contribution >= 0.6 is 0 Å². The van der Waals surface area contributed by atoms with Crippen LogP contribution in [0.25, 0.3) is 0 Å². The Kier molecular flexibility index (Phi) is 4.72. The maximum Gasteiger partial charge on any atom is 0.155 e. The van der Waals surface area contributed by atoms with Gasteiger partial charge >= 0.3 is 0 Å². The average Bonchev–Trinajstić information content (AvgIpc) is 1.63. The van der Waals surface area contributed by atoms with Gasteiger partial charge in [-0.15, -0.1) is 0 Å². The van der Waals surface area contributed by atoms with Crippen molar-refractivity contribution in [3.05, 3.63) is 6.92 Å². The normalized spacial score (nSPS) is 14.3. The molecule has 0 fully saturated rings. The Morgan fingerprint density at radius 3 is 2.22 bits per heavy atom. The summed E-state index contributed by atoms with van der Waals surface area (Å²) < 4.78 is 10.2. The molecule has 0 saturated heterocycles. The lowest BCUT2D eigenvalue weighted by molar-refractivity contribution is -0.144. The standard InChI is InChI=1S/C7H15O2/c1-5-8-7(4)9-6(2)3/h6-7H,1,5H2,2-4H3. The van der Waals surface area contributed by atoms with Crippen molar-refractivity contribution in [3.8, 4) is 0 Å². The minimum Gasteiger partial charge on any atom is -0.353 e. The third-order valence-electron chi connectivity index (χ3n) is 0.816. The lowest BCUT2D eigenvalue weighted by atomic mass is 10.5. The van der Waals surface area contributed by atoms with Crippen molar-refractivity contribution in [1.29, 1.82) is 0 Å². The third kappa shape index (κ3) is 5.80. The molecule has 55 valence electrons. The van der Waals surface area contributed by atoms with Gasteiger partial charge in [0.05, 0.1) is 6.10 Å². The van der Waals surface area contributed by atoms with Gasteiger partial charge in [0.2, 0.25) is 0 Å². The number of hydrogen-bond acceptors (Lipinski definition) is 2. The van der Waals surface area contributed by atoms with Crippen molar-refractivity contribution in [2.75, 3.05) is 6.61 Å². The monoisotopic (exact) mass is 131 g/mol. The number of ether oxygens (including phenoxy) is 2.